The van der Waals surface area contributed by atoms with Gasteiger partial charge in [0.05, 0.1) is 23.2 Å². The van der Waals surface area contributed by atoms with E-state index in [1.54, 1.807) is 30.5 Å². The highest BCUT2D eigenvalue weighted by molar-refractivity contribution is 7.99. The predicted octanol–water partition coefficient (Wildman–Crippen LogP) is 2.71. The van der Waals surface area contributed by atoms with Crippen LogP contribution in [0, 0.1) is 10.1 Å². The largest absolute Gasteiger partial charge is 0.461 e. The van der Waals surface area contributed by atoms with Gasteiger partial charge in [0.25, 0.3) is 11.6 Å². The molecule has 10 nitrogen and oxygen atoms in total. The first-order valence-corrected chi connectivity index (χ1v) is 9.23. The molecule has 0 unspecified atom stereocenters. The zero-order valence-corrected chi connectivity index (χ0v) is 15.6. The number of nitro benzene ring substituents is 1. The van der Waals surface area contributed by atoms with E-state index in [0.29, 0.717) is 28.8 Å². The third-order valence-electron chi connectivity index (χ3n) is 3.59. The van der Waals surface area contributed by atoms with Crippen molar-refractivity contribution in [3.8, 4) is 11.6 Å². The van der Waals surface area contributed by atoms with E-state index < -0.39 is 4.92 Å². The first kappa shape index (κ1) is 19.3. The molecule has 11 heteroatoms. The van der Waals surface area contributed by atoms with Gasteiger partial charge in [-0.1, -0.05) is 23.9 Å². The van der Waals surface area contributed by atoms with Crippen LogP contribution in [0.15, 0.2) is 57.3 Å². The summed E-state index contributed by atoms with van der Waals surface area (Å²) in [6.45, 7) is 2.57. The molecule has 3 aromatic rings. The Labute approximate surface area is 163 Å². The monoisotopic (exact) mass is 400 g/mol. The lowest BCUT2D eigenvalue weighted by atomic mass is 10.2. The van der Waals surface area contributed by atoms with Gasteiger partial charge in [-0.05, 0) is 19.1 Å². The van der Waals surface area contributed by atoms with Crippen LogP contribution in [0.4, 0.5) is 5.69 Å². The van der Waals surface area contributed by atoms with Gasteiger partial charge in [0.15, 0.2) is 16.7 Å². The van der Waals surface area contributed by atoms with Gasteiger partial charge in [0, 0.05) is 24.2 Å². The molecule has 0 atom stereocenters. The number of hydrogen-bond donors (Lipinski definition) is 1. The Kier molecular flexibility index (Phi) is 6.17. The first-order valence-electron chi connectivity index (χ1n) is 8.24. The van der Waals surface area contributed by atoms with Crippen molar-refractivity contribution >= 4 is 29.6 Å². The molecular weight excluding hydrogens is 384 g/mol. The molecule has 1 aromatic carbocycles. The predicted molar refractivity (Wildman–Crippen MR) is 103 cm³/mol. The van der Waals surface area contributed by atoms with E-state index >= 15 is 0 Å². The summed E-state index contributed by atoms with van der Waals surface area (Å²) in [4.78, 5) is 22.2. The van der Waals surface area contributed by atoms with Crippen LogP contribution in [0.1, 0.15) is 12.5 Å². The number of nitro groups is 1. The number of nitrogens with one attached hydrogen (secondary N) is 1. The number of hydrazone groups is 1. The van der Waals surface area contributed by atoms with Gasteiger partial charge in [-0.2, -0.15) is 5.10 Å². The summed E-state index contributed by atoms with van der Waals surface area (Å²) in [6.07, 6.45) is 2.91. The molecule has 0 aliphatic heterocycles. The van der Waals surface area contributed by atoms with Crippen LogP contribution in [0.5, 0.6) is 0 Å². The maximum atomic E-state index is 12.0. The summed E-state index contributed by atoms with van der Waals surface area (Å²) < 4.78 is 7.20. The minimum atomic E-state index is -0.493. The number of nitrogens with zero attached hydrogens (tertiary/aromatic N) is 5. The molecule has 0 aliphatic carbocycles. The Hall–Kier alpha value is -3.47. The van der Waals surface area contributed by atoms with Gasteiger partial charge in [0.1, 0.15) is 0 Å². The zero-order valence-electron chi connectivity index (χ0n) is 14.8. The van der Waals surface area contributed by atoms with E-state index in [9.17, 15) is 14.9 Å². The second-order valence-corrected chi connectivity index (χ2v) is 6.40. The SMILES string of the molecule is CCn1c(SCC(=O)N/N=C/c2cccc([N+](=O)[O-])c2)nnc1-c1ccco1. The third kappa shape index (κ3) is 4.62. The van der Waals surface area contributed by atoms with E-state index in [0.717, 1.165) is 0 Å². The minimum absolute atomic E-state index is 0.0444. The lowest BCUT2D eigenvalue weighted by Gasteiger charge is -2.05. The average molecular weight is 400 g/mol. The van der Waals surface area contributed by atoms with Crippen LogP contribution < -0.4 is 5.43 Å². The number of carbonyl (C=O) groups is 1. The van der Waals surface area contributed by atoms with Crippen molar-refractivity contribution in [2.75, 3.05) is 5.75 Å². The minimum Gasteiger partial charge on any atom is -0.461 e. The Bertz CT molecular complexity index is 999. The number of non-ortho nitro benzene ring substituents is 1. The zero-order chi connectivity index (χ0) is 19.9. The van der Waals surface area contributed by atoms with Crippen LogP contribution in [-0.4, -0.2) is 37.6 Å². The Morgan fingerprint density at radius 2 is 2.25 bits per heavy atom. The normalized spacial score (nSPS) is 11.0. The van der Waals surface area contributed by atoms with Crippen molar-refractivity contribution in [1.82, 2.24) is 20.2 Å². The van der Waals surface area contributed by atoms with E-state index in [2.05, 4.69) is 20.7 Å². The molecule has 0 radical (unpaired) electrons. The summed E-state index contributed by atoms with van der Waals surface area (Å²) in [5.74, 6) is 0.950. The number of carbonyl (C=O) groups excluding carboxylic acids is 1. The van der Waals surface area contributed by atoms with Gasteiger partial charge in [-0.25, -0.2) is 5.43 Å². The quantitative estimate of drug-likeness (QED) is 0.266. The summed E-state index contributed by atoms with van der Waals surface area (Å²) in [6, 6.07) is 9.50. The fourth-order valence-corrected chi connectivity index (χ4v) is 3.12. The van der Waals surface area contributed by atoms with Gasteiger partial charge in [-0.3, -0.25) is 19.5 Å². The maximum absolute atomic E-state index is 12.0. The smallest absolute Gasteiger partial charge is 0.270 e. The summed E-state index contributed by atoms with van der Waals surface area (Å²) in [7, 11) is 0. The van der Waals surface area contributed by atoms with Crippen molar-refractivity contribution < 1.29 is 14.1 Å². The van der Waals surface area contributed by atoms with Crippen molar-refractivity contribution in [1.29, 1.82) is 0 Å². The molecule has 28 heavy (non-hydrogen) atoms. The number of thioether (sulfide) groups is 1. The number of hydrogen-bond acceptors (Lipinski definition) is 8. The molecule has 0 saturated carbocycles. The number of rotatable bonds is 8. The molecule has 144 valence electrons. The highest BCUT2D eigenvalue weighted by Gasteiger charge is 2.16. The summed E-state index contributed by atoms with van der Waals surface area (Å²) in [5, 5.41) is 23.4. The van der Waals surface area contributed by atoms with Gasteiger partial charge in [-0.15, -0.1) is 10.2 Å². The molecule has 2 aromatic heterocycles. The molecule has 2 heterocycles. The highest BCUT2D eigenvalue weighted by atomic mass is 32.2. The number of aromatic nitrogens is 3. The molecular formula is C17H16N6O4S. The van der Waals surface area contributed by atoms with Crippen molar-refractivity contribution in [2.24, 2.45) is 5.10 Å². The molecule has 0 spiro atoms. The third-order valence-corrected chi connectivity index (χ3v) is 4.56. The molecule has 3 rings (SSSR count). The molecule has 1 amide bonds. The van der Waals surface area contributed by atoms with E-state index in [4.69, 9.17) is 4.42 Å². The fraction of sp³-hybridized carbons (Fsp3) is 0.176. The van der Waals surface area contributed by atoms with Crippen molar-refractivity contribution in [3.63, 3.8) is 0 Å². The number of benzene rings is 1. The van der Waals surface area contributed by atoms with Gasteiger partial charge in [0.2, 0.25) is 0 Å². The standard InChI is InChI=1S/C17H16N6O4S/c1-2-22-16(14-7-4-8-27-14)20-21-17(22)28-11-15(24)19-18-10-12-5-3-6-13(9-12)23(25)26/h3-10H,2,11H2,1H3,(H,19,24)/b18-10+. The van der Waals surface area contributed by atoms with Crippen LogP contribution in [-0.2, 0) is 11.3 Å². The van der Waals surface area contributed by atoms with E-state index in [-0.39, 0.29) is 17.3 Å². The van der Waals surface area contributed by atoms with E-state index in [1.807, 2.05) is 11.5 Å². The number of amides is 1. The second-order valence-electron chi connectivity index (χ2n) is 5.46. The lowest BCUT2D eigenvalue weighted by Crippen LogP contribution is -2.20. The maximum Gasteiger partial charge on any atom is 0.270 e. The van der Waals surface area contributed by atoms with Crippen LogP contribution in [0.25, 0.3) is 11.6 Å². The van der Waals surface area contributed by atoms with Crippen LogP contribution in [0.2, 0.25) is 0 Å². The second kappa shape index (κ2) is 8.95. The van der Waals surface area contributed by atoms with Gasteiger partial charge >= 0.3 is 0 Å². The Morgan fingerprint density at radius 3 is 2.96 bits per heavy atom. The topological polar surface area (TPSA) is 128 Å². The summed E-state index contributed by atoms with van der Waals surface area (Å²) >= 11 is 1.22. The van der Waals surface area contributed by atoms with Crippen molar-refractivity contribution in [2.45, 2.75) is 18.6 Å². The lowest BCUT2D eigenvalue weighted by molar-refractivity contribution is -0.384. The molecule has 0 bridgehead atoms. The van der Waals surface area contributed by atoms with E-state index in [1.165, 1.54) is 30.1 Å². The Balaban J connectivity index is 1.56. The van der Waals surface area contributed by atoms with Crippen LogP contribution in [0.3, 0.4) is 0 Å². The fourth-order valence-electron chi connectivity index (χ4n) is 2.33. The van der Waals surface area contributed by atoms with Crippen LogP contribution >= 0.6 is 11.8 Å². The molecule has 0 saturated heterocycles. The average Bonchev–Trinajstić information content (AvgIpc) is 3.35. The number of furan rings is 1. The van der Waals surface area contributed by atoms with Crippen molar-refractivity contribution in [3.05, 3.63) is 58.3 Å². The molecule has 0 fully saturated rings. The highest BCUT2D eigenvalue weighted by Crippen LogP contribution is 2.24. The Morgan fingerprint density at radius 1 is 1.39 bits per heavy atom. The molecule has 0 aliphatic rings. The molecule has 1 N–H and O–H groups in total. The van der Waals surface area contributed by atoms with Gasteiger partial charge < -0.3 is 4.42 Å². The summed E-state index contributed by atoms with van der Waals surface area (Å²) in [5.41, 5.74) is 2.85. The first-order chi connectivity index (χ1) is 13.6.